The molecule has 1 rings (SSSR count). The number of benzene rings is 1. The maximum absolute atomic E-state index is 9.52. The van der Waals surface area contributed by atoms with Crippen LogP contribution in [0.2, 0.25) is 0 Å². The van der Waals surface area contributed by atoms with Gasteiger partial charge in [0, 0.05) is 25.0 Å². The first kappa shape index (κ1) is 12.0. The number of aliphatic hydroxyl groups is 2. The molecular formula is C12H18O3. The van der Waals surface area contributed by atoms with Crippen molar-refractivity contribution in [1.82, 2.24) is 0 Å². The van der Waals surface area contributed by atoms with Crippen molar-refractivity contribution >= 4 is 0 Å². The smallest absolute Gasteiger partial charge is 0.116 e. The van der Waals surface area contributed by atoms with Crippen LogP contribution in [0.15, 0.2) is 18.2 Å². The Kier molecular flexibility index (Phi) is 4.12. The molecule has 15 heavy (non-hydrogen) atoms. The van der Waals surface area contributed by atoms with Crippen LogP contribution in [0.25, 0.3) is 0 Å². The Hall–Kier alpha value is -1.06. The quantitative estimate of drug-likeness (QED) is 0.707. The van der Waals surface area contributed by atoms with Gasteiger partial charge >= 0.3 is 0 Å². The molecule has 0 spiro atoms. The lowest BCUT2D eigenvalue weighted by atomic mass is 9.94. The zero-order valence-corrected chi connectivity index (χ0v) is 9.14. The van der Waals surface area contributed by atoms with Gasteiger partial charge in [-0.05, 0) is 23.3 Å². The molecule has 3 heteroatoms. The molecule has 0 saturated heterocycles. The predicted molar refractivity (Wildman–Crippen MR) is 59.1 cm³/mol. The molecule has 2 unspecified atom stereocenters. The van der Waals surface area contributed by atoms with Crippen LogP contribution in [0.4, 0.5) is 0 Å². The zero-order chi connectivity index (χ0) is 11.4. The molecule has 0 aliphatic rings. The monoisotopic (exact) mass is 210 g/mol. The molecule has 1 aromatic carbocycles. The molecule has 0 saturated carbocycles. The average Bonchev–Trinajstić information content (AvgIpc) is 2.26. The van der Waals surface area contributed by atoms with Gasteiger partial charge in [0.05, 0.1) is 0 Å². The number of aromatic hydroxyl groups is 1. The molecule has 84 valence electrons. The third-order valence-electron chi connectivity index (χ3n) is 2.65. The molecule has 2 atom stereocenters. The van der Waals surface area contributed by atoms with Crippen molar-refractivity contribution in [1.29, 1.82) is 0 Å². The highest BCUT2D eigenvalue weighted by Crippen LogP contribution is 2.26. The van der Waals surface area contributed by atoms with Crippen LogP contribution in [0.1, 0.15) is 36.8 Å². The summed E-state index contributed by atoms with van der Waals surface area (Å²) in [5.41, 5.74) is 1.79. The van der Waals surface area contributed by atoms with Crippen LogP contribution in [0, 0.1) is 0 Å². The maximum atomic E-state index is 9.52. The van der Waals surface area contributed by atoms with E-state index in [1.165, 1.54) is 0 Å². The van der Waals surface area contributed by atoms with Crippen LogP contribution in [0.3, 0.4) is 0 Å². The first-order chi connectivity index (χ1) is 7.08. The van der Waals surface area contributed by atoms with E-state index >= 15 is 0 Å². The Balaban J connectivity index is 3.04. The van der Waals surface area contributed by atoms with Crippen molar-refractivity contribution in [2.24, 2.45) is 0 Å². The van der Waals surface area contributed by atoms with Gasteiger partial charge < -0.3 is 15.3 Å². The molecule has 0 heterocycles. The summed E-state index contributed by atoms with van der Waals surface area (Å²) >= 11 is 0. The van der Waals surface area contributed by atoms with Gasteiger partial charge in [-0.15, -0.1) is 0 Å². The summed E-state index contributed by atoms with van der Waals surface area (Å²) in [7, 11) is 0. The average molecular weight is 210 g/mol. The standard InChI is InChI=1S/C12H18O3/c1-8(6-13)10-3-11(9(2)7-14)5-12(15)4-10/h3-5,8-9,13-15H,6-7H2,1-2H3. The Morgan fingerprint density at radius 3 is 1.67 bits per heavy atom. The maximum Gasteiger partial charge on any atom is 0.116 e. The molecular weight excluding hydrogens is 192 g/mol. The van der Waals surface area contributed by atoms with Gasteiger partial charge in [0.2, 0.25) is 0 Å². The molecule has 1 aromatic rings. The topological polar surface area (TPSA) is 60.7 Å². The highest BCUT2D eigenvalue weighted by atomic mass is 16.3. The second-order valence-electron chi connectivity index (χ2n) is 4.03. The van der Waals surface area contributed by atoms with Crippen LogP contribution in [-0.2, 0) is 0 Å². The highest BCUT2D eigenvalue weighted by Gasteiger charge is 2.10. The minimum absolute atomic E-state index is 0.00161. The van der Waals surface area contributed by atoms with E-state index < -0.39 is 0 Å². The molecule has 0 bridgehead atoms. The van der Waals surface area contributed by atoms with Crippen molar-refractivity contribution < 1.29 is 15.3 Å². The number of hydrogen-bond acceptors (Lipinski definition) is 3. The lowest BCUT2D eigenvalue weighted by Gasteiger charge is -2.14. The summed E-state index contributed by atoms with van der Waals surface area (Å²) in [6, 6.07) is 5.21. The normalized spacial score (nSPS) is 14.9. The first-order valence-electron chi connectivity index (χ1n) is 5.14. The number of phenols is 1. The van der Waals surface area contributed by atoms with Gasteiger partial charge in [-0.3, -0.25) is 0 Å². The van der Waals surface area contributed by atoms with Crippen molar-refractivity contribution in [3.63, 3.8) is 0 Å². The fourth-order valence-electron chi connectivity index (χ4n) is 1.44. The van der Waals surface area contributed by atoms with E-state index in [9.17, 15) is 5.11 Å². The Morgan fingerprint density at radius 1 is 0.933 bits per heavy atom. The Bertz CT molecular complexity index is 294. The first-order valence-corrected chi connectivity index (χ1v) is 5.14. The predicted octanol–water partition coefficient (Wildman–Crippen LogP) is 1.58. The molecule has 0 aliphatic heterocycles. The van der Waals surface area contributed by atoms with E-state index in [4.69, 9.17) is 10.2 Å². The zero-order valence-electron chi connectivity index (χ0n) is 9.14. The van der Waals surface area contributed by atoms with Crippen LogP contribution in [-0.4, -0.2) is 28.5 Å². The second kappa shape index (κ2) is 5.14. The van der Waals surface area contributed by atoms with Crippen molar-refractivity contribution in [2.75, 3.05) is 13.2 Å². The Morgan fingerprint density at radius 2 is 1.33 bits per heavy atom. The van der Waals surface area contributed by atoms with Crippen LogP contribution < -0.4 is 0 Å². The molecule has 3 nitrogen and oxygen atoms in total. The van der Waals surface area contributed by atoms with Crippen LogP contribution >= 0.6 is 0 Å². The highest BCUT2D eigenvalue weighted by molar-refractivity contribution is 5.36. The van der Waals surface area contributed by atoms with Crippen molar-refractivity contribution in [3.05, 3.63) is 29.3 Å². The minimum atomic E-state index is 0.00161. The summed E-state index contributed by atoms with van der Waals surface area (Å²) in [6.45, 7) is 3.89. The number of aliphatic hydroxyl groups excluding tert-OH is 2. The van der Waals surface area contributed by atoms with Crippen molar-refractivity contribution in [2.45, 2.75) is 25.7 Å². The van der Waals surface area contributed by atoms with E-state index in [0.29, 0.717) is 0 Å². The van der Waals surface area contributed by atoms with E-state index in [1.807, 2.05) is 19.9 Å². The van der Waals surface area contributed by atoms with E-state index in [0.717, 1.165) is 11.1 Å². The fourth-order valence-corrected chi connectivity index (χ4v) is 1.44. The molecule has 0 fully saturated rings. The van der Waals surface area contributed by atoms with Gasteiger partial charge in [-0.1, -0.05) is 19.9 Å². The summed E-state index contributed by atoms with van der Waals surface area (Å²) in [5, 5.41) is 27.6. The summed E-state index contributed by atoms with van der Waals surface area (Å²) < 4.78 is 0. The minimum Gasteiger partial charge on any atom is -0.508 e. The number of phenolic OH excluding ortho intramolecular Hbond substituents is 1. The second-order valence-corrected chi connectivity index (χ2v) is 4.03. The van der Waals surface area contributed by atoms with Gasteiger partial charge in [-0.2, -0.15) is 0 Å². The van der Waals surface area contributed by atoms with E-state index in [2.05, 4.69) is 0 Å². The van der Waals surface area contributed by atoms with Gasteiger partial charge in [-0.25, -0.2) is 0 Å². The largest absolute Gasteiger partial charge is 0.508 e. The summed E-state index contributed by atoms with van der Waals surface area (Å²) in [6.07, 6.45) is 0. The molecule has 0 aliphatic carbocycles. The lowest BCUT2D eigenvalue weighted by molar-refractivity contribution is 0.270. The fraction of sp³-hybridized carbons (Fsp3) is 0.500. The van der Waals surface area contributed by atoms with Crippen LogP contribution in [0.5, 0.6) is 5.75 Å². The van der Waals surface area contributed by atoms with E-state index in [-0.39, 0.29) is 30.8 Å². The van der Waals surface area contributed by atoms with E-state index in [1.54, 1.807) is 12.1 Å². The SMILES string of the molecule is CC(CO)c1cc(O)cc(C(C)CO)c1. The molecule has 0 aromatic heterocycles. The van der Waals surface area contributed by atoms with Gasteiger partial charge in [0.25, 0.3) is 0 Å². The Labute approximate surface area is 90.0 Å². The molecule has 3 N–H and O–H groups in total. The summed E-state index contributed by atoms with van der Waals surface area (Å²) in [4.78, 5) is 0. The molecule has 0 amide bonds. The number of rotatable bonds is 4. The lowest BCUT2D eigenvalue weighted by Crippen LogP contribution is -2.03. The summed E-state index contributed by atoms with van der Waals surface area (Å²) in [5.74, 6) is 0.187. The third-order valence-corrected chi connectivity index (χ3v) is 2.65. The number of hydrogen-bond donors (Lipinski definition) is 3. The van der Waals surface area contributed by atoms with Gasteiger partial charge in [0.15, 0.2) is 0 Å². The van der Waals surface area contributed by atoms with Crippen molar-refractivity contribution in [3.8, 4) is 5.75 Å². The molecule has 0 radical (unpaired) electrons. The third kappa shape index (κ3) is 2.94. The van der Waals surface area contributed by atoms with Gasteiger partial charge in [0.1, 0.15) is 5.75 Å².